The number of amidine groups is 1. The van der Waals surface area contributed by atoms with Gasteiger partial charge in [0.25, 0.3) is 0 Å². The SMILES string of the molecule is Cc1nn(C)c(N2CCOC3CCCCC32)c1C(N)=NO. The molecule has 7 nitrogen and oxygen atoms in total. The molecule has 2 fully saturated rings. The van der Waals surface area contributed by atoms with Gasteiger partial charge in [0.1, 0.15) is 5.82 Å². The molecule has 1 aromatic heterocycles. The summed E-state index contributed by atoms with van der Waals surface area (Å²) in [6.45, 7) is 3.41. The van der Waals surface area contributed by atoms with Crippen LogP contribution in [0.5, 0.6) is 0 Å². The molecule has 1 aliphatic carbocycles. The zero-order valence-electron chi connectivity index (χ0n) is 12.6. The molecule has 2 unspecified atom stereocenters. The number of oxime groups is 1. The molecule has 0 radical (unpaired) electrons. The van der Waals surface area contributed by atoms with Gasteiger partial charge in [-0.05, 0) is 19.8 Å². The van der Waals surface area contributed by atoms with Gasteiger partial charge in [0.2, 0.25) is 0 Å². The summed E-state index contributed by atoms with van der Waals surface area (Å²) in [7, 11) is 1.91. The van der Waals surface area contributed by atoms with Crippen LogP contribution >= 0.6 is 0 Å². The summed E-state index contributed by atoms with van der Waals surface area (Å²) < 4.78 is 7.76. The van der Waals surface area contributed by atoms with Crippen molar-refractivity contribution in [2.45, 2.75) is 44.8 Å². The number of fused-ring (bicyclic) bond motifs is 1. The number of nitrogens with zero attached hydrogens (tertiary/aromatic N) is 4. The van der Waals surface area contributed by atoms with E-state index in [1.54, 1.807) is 0 Å². The molecule has 2 atom stereocenters. The summed E-state index contributed by atoms with van der Waals surface area (Å²) in [5.74, 6) is 1.05. The van der Waals surface area contributed by atoms with Crippen LogP contribution in [0.4, 0.5) is 5.82 Å². The maximum absolute atomic E-state index is 9.06. The molecule has 116 valence electrons. The Morgan fingerprint density at radius 1 is 1.43 bits per heavy atom. The van der Waals surface area contributed by atoms with Crippen LogP contribution in [-0.2, 0) is 11.8 Å². The highest BCUT2D eigenvalue weighted by molar-refractivity contribution is 6.02. The van der Waals surface area contributed by atoms with Gasteiger partial charge in [0.05, 0.1) is 30.0 Å². The minimum atomic E-state index is 0.120. The van der Waals surface area contributed by atoms with Crippen molar-refractivity contribution < 1.29 is 9.94 Å². The molecule has 2 heterocycles. The number of aromatic nitrogens is 2. The second kappa shape index (κ2) is 5.55. The summed E-state index contributed by atoms with van der Waals surface area (Å²) in [4.78, 5) is 2.33. The van der Waals surface area contributed by atoms with Crippen molar-refractivity contribution in [2.75, 3.05) is 18.1 Å². The highest BCUT2D eigenvalue weighted by Gasteiger charge is 2.37. The van der Waals surface area contributed by atoms with Crippen LogP contribution in [0.25, 0.3) is 0 Å². The Labute approximate surface area is 124 Å². The van der Waals surface area contributed by atoms with Crippen molar-refractivity contribution in [3.63, 3.8) is 0 Å². The number of nitrogens with two attached hydrogens (primary N) is 1. The predicted octanol–water partition coefficient (Wildman–Crippen LogP) is 0.971. The Kier molecular flexibility index (Phi) is 3.75. The van der Waals surface area contributed by atoms with Crippen LogP contribution in [0, 0.1) is 6.92 Å². The Morgan fingerprint density at radius 3 is 2.95 bits per heavy atom. The smallest absolute Gasteiger partial charge is 0.175 e. The van der Waals surface area contributed by atoms with Crippen molar-refractivity contribution in [2.24, 2.45) is 17.9 Å². The molecule has 0 amide bonds. The molecule has 0 aromatic carbocycles. The lowest BCUT2D eigenvalue weighted by Crippen LogP contribution is -2.53. The van der Waals surface area contributed by atoms with Crippen LogP contribution in [0.3, 0.4) is 0 Å². The third-order valence-corrected chi connectivity index (χ3v) is 4.56. The number of rotatable bonds is 2. The van der Waals surface area contributed by atoms with Gasteiger partial charge in [0, 0.05) is 13.6 Å². The number of aryl methyl sites for hydroxylation is 2. The Balaban J connectivity index is 2.02. The highest BCUT2D eigenvalue weighted by Crippen LogP contribution is 2.34. The molecule has 21 heavy (non-hydrogen) atoms. The normalized spacial score (nSPS) is 26.8. The molecule has 0 spiro atoms. The molecular weight excluding hydrogens is 270 g/mol. The molecule has 3 rings (SSSR count). The number of ether oxygens (including phenoxy) is 1. The van der Waals surface area contributed by atoms with Crippen LogP contribution in [0.2, 0.25) is 0 Å². The van der Waals surface area contributed by atoms with E-state index in [0.717, 1.165) is 36.5 Å². The fourth-order valence-electron chi connectivity index (χ4n) is 3.68. The highest BCUT2D eigenvalue weighted by atomic mass is 16.5. The zero-order valence-corrected chi connectivity index (χ0v) is 12.6. The van der Waals surface area contributed by atoms with E-state index < -0.39 is 0 Å². The molecule has 1 saturated heterocycles. The van der Waals surface area contributed by atoms with E-state index >= 15 is 0 Å². The van der Waals surface area contributed by atoms with E-state index in [9.17, 15) is 0 Å². The first-order valence-electron chi connectivity index (χ1n) is 7.53. The average Bonchev–Trinajstić information content (AvgIpc) is 2.80. The molecule has 0 bridgehead atoms. The molecular formula is C14H23N5O2. The Hall–Kier alpha value is -1.76. The quantitative estimate of drug-likeness (QED) is 0.367. The molecule has 3 N–H and O–H groups in total. The molecule has 1 aliphatic heterocycles. The third kappa shape index (κ3) is 2.35. The van der Waals surface area contributed by atoms with E-state index in [2.05, 4.69) is 15.2 Å². The van der Waals surface area contributed by atoms with Crippen LogP contribution in [-0.4, -0.2) is 46.1 Å². The lowest BCUT2D eigenvalue weighted by atomic mass is 9.90. The van der Waals surface area contributed by atoms with E-state index in [1.807, 2.05) is 18.7 Å². The van der Waals surface area contributed by atoms with Crippen LogP contribution < -0.4 is 10.6 Å². The van der Waals surface area contributed by atoms with E-state index in [-0.39, 0.29) is 11.9 Å². The first-order chi connectivity index (χ1) is 10.1. The number of hydrogen-bond donors (Lipinski definition) is 2. The van der Waals surface area contributed by atoms with E-state index in [1.165, 1.54) is 12.8 Å². The molecule has 7 heteroatoms. The van der Waals surface area contributed by atoms with Crippen molar-refractivity contribution >= 4 is 11.7 Å². The fraction of sp³-hybridized carbons (Fsp3) is 0.714. The first-order valence-corrected chi connectivity index (χ1v) is 7.53. The summed E-state index contributed by atoms with van der Waals surface area (Å²) in [5, 5.41) is 16.7. The van der Waals surface area contributed by atoms with Gasteiger partial charge in [-0.2, -0.15) is 5.10 Å². The Morgan fingerprint density at radius 2 is 2.19 bits per heavy atom. The molecule has 1 saturated carbocycles. The first kappa shape index (κ1) is 14.2. The third-order valence-electron chi connectivity index (χ3n) is 4.56. The minimum Gasteiger partial charge on any atom is -0.409 e. The van der Waals surface area contributed by atoms with E-state index in [4.69, 9.17) is 15.7 Å². The van der Waals surface area contributed by atoms with Crippen LogP contribution in [0.1, 0.15) is 36.9 Å². The van der Waals surface area contributed by atoms with Crippen molar-refractivity contribution in [3.8, 4) is 0 Å². The molecule has 2 aliphatic rings. The Bertz CT molecular complexity index is 552. The average molecular weight is 293 g/mol. The van der Waals surface area contributed by atoms with Gasteiger partial charge in [0.15, 0.2) is 5.84 Å². The topological polar surface area (TPSA) is 88.9 Å². The van der Waals surface area contributed by atoms with Gasteiger partial charge in [-0.15, -0.1) is 0 Å². The lowest BCUT2D eigenvalue weighted by Gasteiger charge is -2.45. The van der Waals surface area contributed by atoms with Crippen molar-refractivity contribution in [3.05, 3.63) is 11.3 Å². The van der Waals surface area contributed by atoms with Crippen molar-refractivity contribution in [1.29, 1.82) is 0 Å². The maximum Gasteiger partial charge on any atom is 0.175 e. The van der Waals surface area contributed by atoms with E-state index in [0.29, 0.717) is 12.6 Å². The zero-order chi connectivity index (χ0) is 15.0. The van der Waals surface area contributed by atoms with Gasteiger partial charge in [-0.25, -0.2) is 0 Å². The van der Waals surface area contributed by atoms with Gasteiger partial charge < -0.3 is 20.6 Å². The second-order valence-electron chi connectivity index (χ2n) is 5.85. The summed E-state index contributed by atoms with van der Waals surface area (Å²) >= 11 is 0. The van der Waals surface area contributed by atoms with Gasteiger partial charge in [-0.3, -0.25) is 4.68 Å². The second-order valence-corrected chi connectivity index (χ2v) is 5.85. The monoisotopic (exact) mass is 293 g/mol. The van der Waals surface area contributed by atoms with Gasteiger partial charge in [-0.1, -0.05) is 18.0 Å². The fourth-order valence-corrected chi connectivity index (χ4v) is 3.68. The van der Waals surface area contributed by atoms with Crippen molar-refractivity contribution in [1.82, 2.24) is 9.78 Å². The standard InChI is InChI=1S/C14H23N5O2/c1-9-12(13(15)17-20)14(18(2)16-9)19-7-8-21-11-6-4-3-5-10(11)19/h10-11,20H,3-8H2,1-2H3,(H2,15,17). The summed E-state index contributed by atoms with van der Waals surface area (Å²) in [6.07, 6.45) is 4.95. The lowest BCUT2D eigenvalue weighted by molar-refractivity contribution is -0.00925. The number of hydrogen-bond acceptors (Lipinski definition) is 5. The maximum atomic E-state index is 9.06. The number of anilines is 1. The predicted molar refractivity (Wildman–Crippen MR) is 79.8 cm³/mol. The summed E-state index contributed by atoms with van der Waals surface area (Å²) in [6, 6.07) is 0.354. The summed E-state index contributed by atoms with van der Waals surface area (Å²) in [5.41, 5.74) is 7.38. The molecule has 1 aromatic rings. The van der Waals surface area contributed by atoms with Crippen LogP contribution in [0.15, 0.2) is 5.16 Å². The largest absolute Gasteiger partial charge is 0.409 e. The number of morpholine rings is 1. The minimum absolute atomic E-state index is 0.120. The van der Waals surface area contributed by atoms with Gasteiger partial charge >= 0.3 is 0 Å².